The van der Waals surface area contributed by atoms with Crippen LogP contribution < -0.4 is 5.32 Å². The van der Waals surface area contributed by atoms with Gasteiger partial charge < -0.3 is 10.1 Å². The summed E-state index contributed by atoms with van der Waals surface area (Å²) in [6, 6.07) is 10.8. The maximum Gasteiger partial charge on any atom is 0.337 e. The molecule has 0 unspecified atom stereocenters. The molecule has 0 bridgehead atoms. The second-order valence-electron chi connectivity index (χ2n) is 4.90. The topological polar surface area (TPSA) is 55.4 Å². The highest BCUT2D eigenvalue weighted by molar-refractivity contribution is 6.02. The molecule has 0 fully saturated rings. The Bertz CT molecular complexity index is 751. The number of carbonyl (C=O) groups excluding carboxylic acids is 2. The minimum Gasteiger partial charge on any atom is -0.465 e. The lowest BCUT2D eigenvalue weighted by Crippen LogP contribution is -2.09. The maximum atomic E-state index is 13.2. The Balaban J connectivity index is 2.03. The second kappa shape index (κ2) is 7.35. The van der Waals surface area contributed by atoms with Crippen LogP contribution in [-0.2, 0) is 9.53 Å². The normalized spacial score (nSPS) is 10.6. The molecule has 1 amide bonds. The Kier molecular flexibility index (Phi) is 5.25. The Morgan fingerprint density at radius 2 is 1.83 bits per heavy atom. The Morgan fingerprint density at radius 3 is 2.48 bits per heavy atom. The number of halogens is 1. The molecule has 4 nitrogen and oxygen atoms in total. The molecule has 0 aliphatic rings. The molecule has 0 saturated carbocycles. The quantitative estimate of drug-likeness (QED) is 0.693. The van der Waals surface area contributed by atoms with Crippen molar-refractivity contribution in [3.8, 4) is 0 Å². The number of benzene rings is 2. The van der Waals surface area contributed by atoms with Gasteiger partial charge in [-0.2, -0.15) is 0 Å². The molecule has 2 aromatic rings. The van der Waals surface area contributed by atoms with E-state index < -0.39 is 11.8 Å². The number of hydrogen-bond donors (Lipinski definition) is 1. The van der Waals surface area contributed by atoms with E-state index in [-0.39, 0.29) is 5.91 Å². The second-order valence-corrected chi connectivity index (χ2v) is 4.90. The average molecular weight is 313 g/mol. The molecule has 5 heteroatoms. The first kappa shape index (κ1) is 16.4. The van der Waals surface area contributed by atoms with Crippen LogP contribution in [0.25, 0.3) is 6.08 Å². The number of nitrogens with one attached hydrogen (secondary N) is 1. The predicted molar refractivity (Wildman–Crippen MR) is 86.6 cm³/mol. The number of methoxy groups -OCH3 is 1. The minimum absolute atomic E-state index is 0.365. The zero-order valence-electron chi connectivity index (χ0n) is 12.8. The van der Waals surface area contributed by atoms with Crippen molar-refractivity contribution < 1.29 is 18.7 Å². The summed E-state index contributed by atoms with van der Waals surface area (Å²) in [7, 11) is 1.31. The van der Waals surface area contributed by atoms with Gasteiger partial charge in [-0.3, -0.25) is 4.79 Å². The number of ether oxygens (including phenoxy) is 1. The van der Waals surface area contributed by atoms with Gasteiger partial charge in [0.15, 0.2) is 0 Å². The molecule has 0 saturated heterocycles. The van der Waals surface area contributed by atoms with Crippen molar-refractivity contribution in [2.45, 2.75) is 6.92 Å². The van der Waals surface area contributed by atoms with Gasteiger partial charge in [-0.15, -0.1) is 0 Å². The fourth-order valence-corrected chi connectivity index (χ4v) is 1.92. The van der Waals surface area contributed by atoms with Gasteiger partial charge in [-0.05, 0) is 48.4 Å². The van der Waals surface area contributed by atoms with E-state index in [1.807, 2.05) is 0 Å². The first-order valence-electron chi connectivity index (χ1n) is 6.93. The van der Waals surface area contributed by atoms with E-state index in [0.717, 1.165) is 11.1 Å². The third-order valence-corrected chi connectivity index (χ3v) is 3.22. The number of amides is 1. The summed E-state index contributed by atoms with van der Waals surface area (Å²) in [5.74, 6) is -1.19. The Hall–Kier alpha value is -2.95. The highest BCUT2D eigenvalue weighted by atomic mass is 19.1. The summed E-state index contributed by atoms with van der Waals surface area (Å²) in [4.78, 5) is 23.2. The monoisotopic (exact) mass is 313 g/mol. The largest absolute Gasteiger partial charge is 0.465 e. The number of esters is 1. The molecule has 0 radical (unpaired) electrons. The van der Waals surface area contributed by atoms with E-state index in [1.165, 1.54) is 25.3 Å². The molecule has 0 heterocycles. The Morgan fingerprint density at radius 1 is 1.13 bits per heavy atom. The summed E-state index contributed by atoms with van der Waals surface area (Å²) in [6.45, 7) is 1.78. The van der Waals surface area contributed by atoms with Crippen LogP contribution in [0.3, 0.4) is 0 Å². The molecule has 0 atom stereocenters. The fourth-order valence-electron chi connectivity index (χ4n) is 1.92. The van der Waals surface area contributed by atoms with Crippen molar-refractivity contribution in [2.75, 3.05) is 12.4 Å². The molecular weight excluding hydrogens is 297 g/mol. The number of carbonyl (C=O) groups is 2. The number of rotatable bonds is 4. The van der Waals surface area contributed by atoms with Gasteiger partial charge in [0, 0.05) is 11.8 Å². The van der Waals surface area contributed by atoms with Crippen LogP contribution in [0.5, 0.6) is 0 Å². The van der Waals surface area contributed by atoms with Gasteiger partial charge >= 0.3 is 5.97 Å². The number of anilines is 1. The molecule has 2 rings (SSSR count). The van der Waals surface area contributed by atoms with Crippen molar-refractivity contribution in [1.29, 1.82) is 0 Å². The first-order chi connectivity index (χ1) is 11.0. The van der Waals surface area contributed by atoms with Crippen LogP contribution >= 0.6 is 0 Å². The fraction of sp³-hybridized carbons (Fsp3) is 0.111. The predicted octanol–water partition coefficient (Wildman–Crippen LogP) is 3.57. The SMILES string of the molecule is COC(=O)c1ccc(/C=C/C(=O)Nc2cc(F)ccc2C)cc1. The van der Waals surface area contributed by atoms with Gasteiger partial charge in [0.1, 0.15) is 5.82 Å². The number of hydrogen-bond acceptors (Lipinski definition) is 3. The summed E-state index contributed by atoms with van der Waals surface area (Å²) in [5, 5.41) is 2.62. The zero-order chi connectivity index (χ0) is 16.8. The van der Waals surface area contributed by atoms with Gasteiger partial charge in [0.05, 0.1) is 12.7 Å². The smallest absolute Gasteiger partial charge is 0.337 e. The summed E-state index contributed by atoms with van der Waals surface area (Å²) < 4.78 is 17.8. The maximum absolute atomic E-state index is 13.2. The molecule has 2 aromatic carbocycles. The third-order valence-electron chi connectivity index (χ3n) is 3.22. The van der Waals surface area contributed by atoms with E-state index in [1.54, 1.807) is 43.3 Å². The number of aryl methyl sites for hydroxylation is 1. The third kappa shape index (κ3) is 4.51. The summed E-state index contributed by atoms with van der Waals surface area (Å²) in [6.07, 6.45) is 2.95. The molecule has 1 N–H and O–H groups in total. The van der Waals surface area contributed by atoms with Crippen LogP contribution in [0, 0.1) is 12.7 Å². The van der Waals surface area contributed by atoms with Gasteiger partial charge in [0.25, 0.3) is 0 Å². The molecular formula is C18H16FNO3. The van der Waals surface area contributed by atoms with Crippen molar-refractivity contribution >= 4 is 23.6 Å². The van der Waals surface area contributed by atoms with E-state index in [0.29, 0.717) is 11.3 Å². The van der Waals surface area contributed by atoms with E-state index in [2.05, 4.69) is 10.1 Å². The van der Waals surface area contributed by atoms with Crippen molar-refractivity contribution in [2.24, 2.45) is 0 Å². The lowest BCUT2D eigenvalue weighted by atomic mass is 10.1. The van der Waals surface area contributed by atoms with Crippen molar-refractivity contribution in [1.82, 2.24) is 0 Å². The van der Waals surface area contributed by atoms with Crippen LogP contribution in [0.4, 0.5) is 10.1 Å². The van der Waals surface area contributed by atoms with Crippen molar-refractivity contribution in [3.05, 3.63) is 71.0 Å². The zero-order valence-corrected chi connectivity index (χ0v) is 12.8. The highest BCUT2D eigenvalue weighted by Gasteiger charge is 2.05. The minimum atomic E-state index is -0.417. The molecule has 23 heavy (non-hydrogen) atoms. The van der Waals surface area contributed by atoms with E-state index >= 15 is 0 Å². The highest BCUT2D eigenvalue weighted by Crippen LogP contribution is 2.16. The van der Waals surface area contributed by atoms with E-state index in [4.69, 9.17) is 0 Å². The van der Waals surface area contributed by atoms with Gasteiger partial charge in [-0.25, -0.2) is 9.18 Å². The van der Waals surface area contributed by atoms with E-state index in [9.17, 15) is 14.0 Å². The summed E-state index contributed by atoms with van der Waals surface area (Å²) >= 11 is 0. The summed E-state index contributed by atoms with van der Waals surface area (Å²) in [5.41, 5.74) is 2.39. The lowest BCUT2D eigenvalue weighted by Gasteiger charge is -2.06. The Labute approximate surface area is 133 Å². The van der Waals surface area contributed by atoms with Crippen LogP contribution in [0.15, 0.2) is 48.5 Å². The lowest BCUT2D eigenvalue weighted by molar-refractivity contribution is -0.111. The molecule has 0 aromatic heterocycles. The van der Waals surface area contributed by atoms with Crippen LogP contribution in [0.1, 0.15) is 21.5 Å². The average Bonchev–Trinajstić information content (AvgIpc) is 2.56. The molecule has 0 aliphatic heterocycles. The molecule has 0 aliphatic carbocycles. The molecule has 118 valence electrons. The van der Waals surface area contributed by atoms with Gasteiger partial charge in [-0.1, -0.05) is 18.2 Å². The van der Waals surface area contributed by atoms with Crippen molar-refractivity contribution in [3.63, 3.8) is 0 Å². The molecule has 0 spiro atoms. The van der Waals surface area contributed by atoms with Crippen LogP contribution in [-0.4, -0.2) is 19.0 Å². The van der Waals surface area contributed by atoms with Gasteiger partial charge in [0.2, 0.25) is 5.91 Å². The standard InChI is InChI=1S/C18H16FNO3/c1-12-3-9-15(19)11-16(12)20-17(21)10-6-13-4-7-14(8-5-13)18(22)23-2/h3-11H,1-2H3,(H,20,21)/b10-6+. The van der Waals surface area contributed by atoms with Crippen LogP contribution in [0.2, 0.25) is 0 Å². The first-order valence-corrected chi connectivity index (χ1v) is 6.93.